The van der Waals surface area contributed by atoms with Gasteiger partial charge in [-0.05, 0) is 24.3 Å². The fraction of sp³-hybridized carbons (Fsp3) is 0.333. The molecule has 1 N–H and O–H groups in total. The zero-order valence-electron chi connectivity index (χ0n) is 14.2. The summed E-state index contributed by atoms with van der Waals surface area (Å²) in [6.07, 6.45) is -4.79. The van der Waals surface area contributed by atoms with Crippen molar-refractivity contribution in [2.24, 2.45) is 0 Å². The molecule has 140 valence electrons. The second kappa shape index (κ2) is 7.85. The Bertz CT molecular complexity index is 766. The van der Waals surface area contributed by atoms with Gasteiger partial charge >= 0.3 is 12.4 Å². The van der Waals surface area contributed by atoms with E-state index in [0.29, 0.717) is 5.95 Å². The molecule has 11 heteroatoms. The van der Waals surface area contributed by atoms with Gasteiger partial charge in [-0.2, -0.15) is 15.0 Å². The Morgan fingerprint density at radius 1 is 1.15 bits per heavy atom. The summed E-state index contributed by atoms with van der Waals surface area (Å²) in [5, 5.41) is 2.57. The van der Waals surface area contributed by atoms with Crippen LogP contribution in [-0.4, -0.2) is 48.4 Å². The number of alkyl halides is 3. The zero-order valence-corrected chi connectivity index (χ0v) is 14.2. The molecule has 0 saturated heterocycles. The van der Waals surface area contributed by atoms with Gasteiger partial charge in [-0.15, -0.1) is 13.2 Å². The Morgan fingerprint density at radius 2 is 1.81 bits per heavy atom. The van der Waals surface area contributed by atoms with Gasteiger partial charge in [-0.3, -0.25) is 4.79 Å². The van der Waals surface area contributed by atoms with Crippen LogP contribution in [0.25, 0.3) is 0 Å². The first kappa shape index (κ1) is 19.2. The van der Waals surface area contributed by atoms with E-state index in [4.69, 9.17) is 4.74 Å². The molecule has 0 unspecified atom stereocenters. The van der Waals surface area contributed by atoms with Gasteiger partial charge < -0.3 is 19.7 Å². The van der Waals surface area contributed by atoms with Gasteiger partial charge in [0.2, 0.25) is 5.95 Å². The molecule has 26 heavy (non-hydrogen) atoms. The van der Waals surface area contributed by atoms with Gasteiger partial charge in [-0.1, -0.05) is 0 Å². The highest BCUT2D eigenvalue weighted by Crippen LogP contribution is 2.22. The van der Waals surface area contributed by atoms with Crippen LogP contribution in [0.4, 0.5) is 19.1 Å². The SMILES string of the molecule is COc1nc(CNC(=O)c2ccc(OC(F)(F)F)cc2)nc(N(C)C)n1. The smallest absolute Gasteiger partial charge is 0.467 e. The summed E-state index contributed by atoms with van der Waals surface area (Å²) >= 11 is 0. The summed E-state index contributed by atoms with van der Waals surface area (Å²) in [6, 6.07) is 4.64. The molecular formula is C15H16F3N5O3. The second-order valence-electron chi connectivity index (χ2n) is 5.19. The molecular weight excluding hydrogens is 355 g/mol. The van der Waals surface area contributed by atoms with Gasteiger partial charge in [0.25, 0.3) is 5.91 Å². The fourth-order valence-electron chi connectivity index (χ4n) is 1.83. The Balaban J connectivity index is 2.03. The normalized spacial score (nSPS) is 11.0. The van der Waals surface area contributed by atoms with E-state index in [2.05, 4.69) is 25.0 Å². The van der Waals surface area contributed by atoms with E-state index in [1.807, 2.05) is 0 Å². The van der Waals surface area contributed by atoms with E-state index in [9.17, 15) is 18.0 Å². The third-order valence-corrected chi connectivity index (χ3v) is 2.99. The zero-order chi connectivity index (χ0) is 19.3. The maximum Gasteiger partial charge on any atom is 0.573 e. The van der Waals surface area contributed by atoms with Crippen molar-refractivity contribution in [1.29, 1.82) is 0 Å². The number of halogens is 3. The van der Waals surface area contributed by atoms with Crippen molar-refractivity contribution in [2.75, 3.05) is 26.1 Å². The second-order valence-corrected chi connectivity index (χ2v) is 5.19. The lowest BCUT2D eigenvalue weighted by Crippen LogP contribution is -2.25. The van der Waals surface area contributed by atoms with Crippen LogP contribution >= 0.6 is 0 Å². The number of carbonyl (C=O) groups is 1. The summed E-state index contributed by atoms with van der Waals surface area (Å²) in [7, 11) is 4.88. The highest BCUT2D eigenvalue weighted by atomic mass is 19.4. The molecule has 1 aromatic carbocycles. The molecule has 0 aliphatic heterocycles. The number of rotatable bonds is 6. The van der Waals surface area contributed by atoms with Gasteiger partial charge in [0.05, 0.1) is 13.7 Å². The maximum atomic E-state index is 12.1. The van der Waals surface area contributed by atoms with Crippen molar-refractivity contribution in [3.05, 3.63) is 35.7 Å². The average Bonchev–Trinajstić information content (AvgIpc) is 2.58. The van der Waals surface area contributed by atoms with Gasteiger partial charge in [0, 0.05) is 19.7 Å². The Labute approximate surface area is 147 Å². The minimum absolute atomic E-state index is 0.0145. The Hall–Kier alpha value is -3.11. The molecule has 1 heterocycles. The van der Waals surface area contributed by atoms with Gasteiger partial charge in [-0.25, -0.2) is 0 Å². The Morgan fingerprint density at radius 3 is 2.35 bits per heavy atom. The molecule has 1 aromatic heterocycles. The number of ether oxygens (including phenoxy) is 2. The summed E-state index contributed by atoms with van der Waals surface area (Å²) in [5.41, 5.74) is 0.161. The van der Waals surface area contributed by atoms with Crippen LogP contribution < -0.4 is 19.7 Å². The molecule has 8 nitrogen and oxygen atoms in total. The van der Waals surface area contributed by atoms with E-state index in [0.717, 1.165) is 12.1 Å². The van der Waals surface area contributed by atoms with Crippen LogP contribution in [-0.2, 0) is 6.54 Å². The molecule has 0 aliphatic rings. The number of anilines is 1. The minimum Gasteiger partial charge on any atom is -0.467 e. The first-order chi connectivity index (χ1) is 12.2. The predicted molar refractivity (Wildman–Crippen MR) is 85.0 cm³/mol. The monoisotopic (exact) mass is 371 g/mol. The quantitative estimate of drug-likeness (QED) is 0.828. The van der Waals surface area contributed by atoms with E-state index in [1.54, 1.807) is 19.0 Å². The van der Waals surface area contributed by atoms with Crippen LogP contribution in [0.5, 0.6) is 11.8 Å². The highest BCUT2D eigenvalue weighted by molar-refractivity contribution is 5.94. The lowest BCUT2D eigenvalue weighted by atomic mass is 10.2. The largest absolute Gasteiger partial charge is 0.573 e. The van der Waals surface area contributed by atoms with Crippen molar-refractivity contribution < 1.29 is 27.4 Å². The van der Waals surface area contributed by atoms with Gasteiger partial charge in [0.15, 0.2) is 5.82 Å². The van der Waals surface area contributed by atoms with E-state index in [-0.39, 0.29) is 23.9 Å². The lowest BCUT2D eigenvalue weighted by Gasteiger charge is -2.12. The summed E-state index contributed by atoms with van der Waals surface area (Å²) in [6.45, 7) is -0.0145. The molecule has 2 rings (SSSR count). The number of methoxy groups -OCH3 is 1. The highest BCUT2D eigenvalue weighted by Gasteiger charge is 2.31. The third-order valence-electron chi connectivity index (χ3n) is 2.99. The predicted octanol–water partition coefficient (Wildman–Crippen LogP) is 1.77. The van der Waals surface area contributed by atoms with E-state index >= 15 is 0 Å². The standard InChI is InChI=1S/C15H16F3N5O3/c1-23(2)13-20-11(21-14(22-13)25-3)8-19-12(24)9-4-6-10(7-5-9)26-15(16,17)18/h4-7H,8H2,1-3H3,(H,19,24). The van der Waals surface area contributed by atoms with Crippen molar-refractivity contribution in [3.63, 3.8) is 0 Å². The molecule has 0 atom stereocenters. The first-order valence-corrected chi connectivity index (χ1v) is 7.28. The van der Waals surface area contributed by atoms with Gasteiger partial charge in [0.1, 0.15) is 5.75 Å². The molecule has 0 aliphatic carbocycles. The number of nitrogens with zero attached hydrogens (tertiary/aromatic N) is 4. The number of nitrogens with one attached hydrogen (secondary N) is 1. The molecule has 2 aromatic rings. The van der Waals surface area contributed by atoms with Crippen LogP contribution in [0.2, 0.25) is 0 Å². The summed E-state index contributed by atoms with van der Waals surface area (Å²) in [5.74, 6) is -0.290. The van der Waals surface area contributed by atoms with Crippen LogP contribution in [0.3, 0.4) is 0 Å². The van der Waals surface area contributed by atoms with Crippen molar-refractivity contribution in [3.8, 4) is 11.8 Å². The molecule has 0 spiro atoms. The topological polar surface area (TPSA) is 89.5 Å². The number of benzene rings is 1. The van der Waals surface area contributed by atoms with Crippen molar-refractivity contribution in [2.45, 2.75) is 12.9 Å². The lowest BCUT2D eigenvalue weighted by molar-refractivity contribution is -0.274. The minimum atomic E-state index is -4.79. The van der Waals surface area contributed by atoms with Crippen LogP contribution in [0.15, 0.2) is 24.3 Å². The van der Waals surface area contributed by atoms with E-state index < -0.39 is 18.0 Å². The number of carbonyl (C=O) groups excluding carboxylic acids is 1. The average molecular weight is 371 g/mol. The number of amides is 1. The van der Waals surface area contributed by atoms with Crippen LogP contribution in [0.1, 0.15) is 16.2 Å². The summed E-state index contributed by atoms with van der Waals surface area (Å²) in [4.78, 5) is 26.0. The number of aromatic nitrogens is 3. The molecule has 1 amide bonds. The molecule has 0 bridgehead atoms. The van der Waals surface area contributed by atoms with Crippen molar-refractivity contribution >= 4 is 11.9 Å². The van der Waals surface area contributed by atoms with E-state index in [1.165, 1.54) is 19.2 Å². The van der Waals surface area contributed by atoms with Crippen LogP contribution in [0, 0.1) is 0 Å². The molecule has 0 fully saturated rings. The maximum absolute atomic E-state index is 12.1. The summed E-state index contributed by atoms with van der Waals surface area (Å²) < 4.78 is 45.1. The fourth-order valence-corrected chi connectivity index (χ4v) is 1.83. The number of hydrogen-bond donors (Lipinski definition) is 1. The van der Waals surface area contributed by atoms with Crippen molar-refractivity contribution in [1.82, 2.24) is 20.3 Å². The molecule has 0 radical (unpaired) electrons. The first-order valence-electron chi connectivity index (χ1n) is 7.28. The third kappa shape index (κ3) is 5.46. The molecule has 0 saturated carbocycles. The number of hydrogen-bond acceptors (Lipinski definition) is 7. The Kier molecular flexibility index (Phi) is 5.80.